The predicted octanol–water partition coefficient (Wildman–Crippen LogP) is 3.44. The number of nitrogens with one attached hydrogen (secondary N) is 1. The highest BCUT2D eigenvalue weighted by atomic mass is 32.2. The quantitative estimate of drug-likeness (QED) is 0.941. The van der Waals surface area contributed by atoms with Crippen LogP contribution in [0.1, 0.15) is 5.56 Å². The van der Waals surface area contributed by atoms with Crippen molar-refractivity contribution >= 4 is 15.7 Å². The van der Waals surface area contributed by atoms with Crippen LogP contribution in [0.2, 0.25) is 0 Å². The molecule has 2 rings (SSSR count). The van der Waals surface area contributed by atoms with E-state index in [1.807, 2.05) is 0 Å². The molecule has 0 heterocycles. The summed E-state index contributed by atoms with van der Waals surface area (Å²) in [4.78, 5) is 0. The molecule has 0 aliphatic heterocycles. The van der Waals surface area contributed by atoms with E-state index in [0.29, 0.717) is 6.07 Å². The Morgan fingerprint density at radius 2 is 1.76 bits per heavy atom. The third-order valence-corrected chi connectivity index (χ3v) is 3.14. The summed E-state index contributed by atoms with van der Waals surface area (Å²) >= 11 is 0. The number of hydrogen-bond acceptors (Lipinski definition) is 3. The minimum atomic E-state index is -3.51. The monoisotopic (exact) mass is 313 g/mol. The number of anilines is 1. The lowest BCUT2D eigenvalue weighted by Crippen LogP contribution is -2.10. The van der Waals surface area contributed by atoms with Crippen molar-refractivity contribution in [3.8, 4) is 11.5 Å². The topological polar surface area (TPSA) is 55.4 Å². The maximum atomic E-state index is 13.6. The number of benzene rings is 2. The zero-order chi connectivity index (χ0) is 15.6. The summed E-state index contributed by atoms with van der Waals surface area (Å²) in [7, 11) is -3.51. The molecule has 0 fully saturated rings. The van der Waals surface area contributed by atoms with Crippen molar-refractivity contribution < 1.29 is 21.9 Å². The van der Waals surface area contributed by atoms with Crippen LogP contribution < -0.4 is 9.46 Å². The second-order valence-electron chi connectivity index (χ2n) is 4.55. The Hall–Kier alpha value is -2.15. The van der Waals surface area contributed by atoms with E-state index < -0.39 is 21.7 Å². The molecule has 0 atom stereocenters. The van der Waals surface area contributed by atoms with Gasteiger partial charge in [0, 0.05) is 6.07 Å². The number of hydrogen-bond donors (Lipinski definition) is 1. The highest BCUT2D eigenvalue weighted by Gasteiger charge is 2.12. The second-order valence-corrected chi connectivity index (χ2v) is 6.30. The Morgan fingerprint density at radius 3 is 2.38 bits per heavy atom. The molecule has 0 saturated heterocycles. The normalized spacial score (nSPS) is 11.2. The summed E-state index contributed by atoms with van der Waals surface area (Å²) in [5.41, 5.74) is 0.971. The third kappa shape index (κ3) is 4.16. The number of sulfonamides is 1. The average Bonchev–Trinajstić information content (AvgIpc) is 2.34. The standard InChI is InChI=1S/C14H13F2NO3S/c1-9-3-5-12(17-21(2,18)19)14(7-9)20-13-6-4-10(15)8-11(13)16/h3-8,17H,1-2H3. The molecule has 21 heavy (non-hydrogen) atoms. The van der Waals surface area contributed by atoms with Crippen LogP contribution >= 0.6 is 0 Å². The van der Waals surface area contributed by atoms with Crippen molar-refractivity contribution in [1.29, 1.82) is 0 Å². The molecule has 0 spiro atoms. The highest BCUT2D eigenvalue weighted by Crippen LogP contribution is 2.32. The van der Waals surface area contributed by atoms with Crippen molar-refractivity contribution in [2.75, 3.05) is 11.0 Å². The Bertz CT molecular complexity index is 776. The molecule has 2 aromatic rings. The number of halogens is 2. The lowest BCUT2D eigenvalue weighted by atomic mass is 10.2. The third-order valence-electron chi connectivity index (χ3n) is 2.55. The van der Waals surface area contributed by atoms with Gasteiger partial charge in [0.15, 0.2) is 17.3 Å². The van der Waals surface area contributed by atoms with Gasteiger partial charge >= 0.3 is 0 Å². The molecule has 2 aromatic carbocycles. The van der Waals surface area contributed by atoms with E-state index in [4.69, 9.17) is 4.74 Å². The molecule has 0 amide bonds. The SMILES string of the molecule is Cc1ccc(NS(C)(=O)=O)c(Oc2ccc(F)cc2F)c1. The summed E-state index contributed by atoms with van der Waals surface area (Å²) in [6.45, 7) is 1.78. The smallest absolute Gasteiger partial charge is 0.229 e. The molecule has 1 N–H and O–H groups in total. The Morgan fingerprint density at radius 1 is 1.05 bits per heavy atom. The fourth-order valence-electron chi connectivity index (χ4n) is 1.67. The number of rotatable bonds is 4. The van der Waals surface area contributed by atoms with Crippen LogP contribution in [-0.4, -0.2) is 14.7 Å². The van der Waals surface area contributed by atoms with Crippen LogP contribution in [0.4, 0.5) is 14.5 Å². The minimum absolute atomic E-state index is 0.130. The summed E-state index contributed by atoms with van der Waals surface area (Å²) in [5, 5.41) is 0. The van der Waals surface area contributed by atoms with E-state index in [0.717, 1.165) is 24.0 Å². The largest absolute Gasteiger partial charge is 0.452 e. The van der Waals surface area contributed by atoms with Crippen LogP contribution in [-0.2, 0) is 10.0 Å². The molecule has 0 aliphatic rings. The first-order chi connectivity index (χ1) is 9.74. The molecule has 112 valence electrons. The van der Waals surface area contributed by atoms with Gasteiger partial charge in [0.05, 0.1) is 11.9 Å². The molecule has 0 aromatic heterocycles. The summed E-state index contributed by atoms with van der Waals surface area (Å²) < 4.78 is 56.7. The van der Waals surface area contributed by atoms with Gasteiger partial charge in [0.25, 0.3) is 0 Å². The molecule has 4 nitrogen and oxygen atoms in total. The number of ether oxygens (including phenoxy) is 1. The van der Waals surface area contributed by atoms with E-state index in [2.05, 4.69) is 4.72 Å². The van der Waals surface area contributed by atoms with Crippen LogP contribution in [0.5, 0.6) is 11.5 Å². The van der Waals surface area contributed by atoms with Crippen molar-refractivity contribution in [2.24, 2.45) is 0 Å². The molecular weight excluding hydrogens is 300 g/mol. The Kier molecular flexibility index (Phi) is 4.13. The fraction of sp³-hybridized carbons (Fsp3) is 0.143. The summed E-state index contributed by atoms with van der Waals surface area (Å²) in [6.07, 6.45) is 0.995. The van der Waals surface area contributed by atoms with E-state index in [1.165, 1.54) is 6.07 Å². The second kappa shape index (κ2) is 5.69. The molecule has 0 saturated carbocycles. The highest BCUT2D eigenvalue weighted by molar-refractivity contribution is 7.92. The first-order valence-electron chi connectivity index (χ1n) is 5.96. The van der Waals surface area contributed by atoms with Crippen molar-refractivity contribution in [3.05, 3.63) is 53.6 Å². The Balaban J connectivity index is 2.40. The first kappa shape index (κ1) is 15.2. The molecular formula is C14H13F2NO3S. The molecule has 7 heteroatoms. The Labute approximate surface area is 121 Å². The van der Waals surface area contributed by atoms with E-state index in [-0.39, 0.29) is 17.2 Å². The van der Waals surface area contributed by atoms with Gasteiger partial charge in [-0.2, -0.15) is 0 Å². The first-order valence-corrected chi connectivity index (χ1v) is 7.85. The lowest BCUT2D eigenvalue weighted by Gasteiger charge is -2.13. The summed E-state index contributed by atoms with van der Waals surface area (Å²) in [5.74, 6) is -1.66. The van der Waals surface area contributed by atoms with Gasteiger partial charge in [-0.25, -0.2) is 17.2 Å². The van der Waals surface area contributed by atoms with Gasteiger partial charge in [0.1, 0.15) is 5.82 Å². The van der Waals surface area contributed by atoms with E-state index in [1.54, 1.807) is 19.1 Å². The van der Waals surface area contributed by atoms with E-state index >= 15 is 0 Å². The molecule has 0 unspecified atom stereocenters. The van der Waals surface area contributed by atoms with Crippen LogP contribution in [0.3, 0.4) is 0 Å². The average molecular weight is 313 g/mol. The van der Waals surface area contributed by atoms with Gasteiger partial charge in [-0.15, -0.1) is 0 Å². The summed E-state index contributed by atoms with van der Waals surface area (Å²) in [6, 6.07) is 7.62. The minimum Gasteiger partial charge on any atom is -0.452 e. The maximum Gasteiger partial charge on any atom is 0.229 e. The lowest BCUT2D eigenvalue weighted by molar-refractivity contribution is 0.439. The van der Waals surface area contributed by atoms with Gasteiger partial charge in [-0.3, -0.25) is 4.72 Å². The van der Waals surface area contributed by atoms with Crippen molar-refractivity contribution in [1.82, 2.24) is 0 Å². The molecule has 0 aliphatic carbocycles. The van der Waals surface area contributed by atoms with Crippen molar-refractivity contribution in [3.63, 3.8) is 0 Å². The van der Waals surface area contributed by atoms with Crippen LogP contribution in [0.15, 0.2) is 36.4 Å². The number of aryl methyl sites for hydroxylation is 1. The molecule has 0 radical (unpaired) electrons. The molecule has 0 bridgehead atoms. The van der Waals surface area contributed by atoms with Gasteiger partial charge in [-0.05, 0) is 36.8 Å². The van der Waals surface area contributed by atoms with Gasteiger partial charge in [0.2, 0.25) is 10.0 Å². The van der Waals surface area contributed by atoms with E-state index in [9.17, 15) is 17.2 Å². The zero-order valence-electron chi connectivity index (χ0n) is 11.4. The van der Waals surface area contributed by atoms with Gasteiger partial charge in [-0.1, -0.05) is 6.07 Å². The maximum absolute atomic E-state index is 13.6. The van der Waals surface area contributed by atoms with Crippen LogP contribution in [0.25, 0.3) is 0 Å². The van der Waals surface area contributed by atoms with Gasteiger partial charge < -0.3 is 4.74 Å². The predicted molar refractivity (Wildman–Crippen MR) is 76.1 cm³/mol. The fourth-order valence-corrected chi connectivity index (χ4v) is 2.24. The zero-order valence-corrected chi connectivity index (χ0v) is 12.2. The van der Waals surface area contributed by atoms with Crippen LogP contribution in [0, 0.1) is 18.6 Å². The van der Waals surface area contributed by atoms with Crippen molar-refractivity contribution in [2.45, 2.75) is 6.92 Å².